The van der Waals surface area contributed by atoms with Gasteiger partial charge >= 0.3 is 0 Å². The Kier molecular flexibility index (Phi) is 6.56. The van der Waals surface area contributed by atoms with Crippen LogP contribution < -0.4 is 5.32 Å². The lowest BCUT2D eigenvalue weighted by Crippen LogP contribution is -2.47. The first-order chi connectivity index (χ1) is 8.19. The molecule has 0 radical (unpaired) electrons. The Morgan fingerprint density at radius 3 is 2.35 bits per heavy atom. The third-order valence-electron chi connectivity index (χ3n) is 3.70. The summed E-state index contributed by atoms with van der Waals surface area (Å²) in [7, 11) is 0. The maximum Gasteiger partial charge on any atom is 0.223 e. The zero-order chi connectivity index (χ0) is 12.7. The van der Waals surface area contributed by atoms with Gasteiger partial charge in [-0.2, -0.15) is 0 Å². The molecule has 0 aromatic rings. The van der Waals surface area contributed by atoms with Crippen molar-refractivity contribution in [2.45, 2.75) is 77.4 Å². The molecule has 2 atom stereocenters. The van der Waals surface area contributed by atoms with Crippen molar-refractivity contribution in [2.75, 3.05) is 0 Å². The average Bonchev–Trinajstić information content (AvgIpc) is 2.32. The van der Waals surface area contributed by atoms with Crippen molar-refractivity contribution >= 4 is 5.91 Å². The highest BCUT2D eigenvalue weighted by Crippen LogP contribution is 2.20. The van der Waals surface area contributed by atoms with Crippen LogP contribution in [0.3, 0.4) is 0 Å². The Balaban J connectivity index is 2.44. The molecule has 0 bridgehead atoms. The molecule has 1 fully saturated rings. The highest BCUT2D eigenvalue weighted by molar-refractivity contribution is 5.79. The summed E-state index contributed by atoms with van der Waals surface area (Å²) in [6.45, 7) is 4.23. The number of carbonyl (C=O) groups is 1. The van der Waals surface area contributed by atoms with Crippen molar-refractivity contribution in [3.05, 3.63) is 0 Å². The van der Waals surface area contributed by atoms with E-state index < -0.39 is 0 Å². The van der Waals surface area contributed by atoms with Crippen molar-refractivity contribution in [1.29, 1.82) is 0 Å². The van der Waals surface area contributed by atoms with Gasteiger partial charge in [0.05, 0.1) is 12.1 Å². The summed E-state index contributed by atoms with van der Waals surface area (Å²) >= 11 is 0. The first-order valence-corrected chi connectivity index (χ1v) is 7.17. The summed E-state index contributed by atoms with van der Waals surface area (Å²) in [6.07, 6.45) is 7.64. The molecule has 0 aliphatic heterocycles. The summed E-state index contributed by atoms with van der Waals surface area (Å²) < 4.78 is 0. The van der Waals surface area contributed by atoms with E-state index in [0.717, 1.165) is 51.4 Å². The molecule has 0 heterocycles. The van der Waals surface area contributed by atoms with E-state index in [4.69, 9.17) is 0 Å². The van der Waals surface area contributed by atoms with Gasteiger partial charge in [0.1, 0.15) is 0 Å². The minimum atomic E-state index is -0.336. The van der Waals surface area contributed by atoms with E-state index in [0.29, 0.717) is 0 Å². The third kappa shape index (κ3) is 4.66. The molecular weight excluding hydrogens is 214 g/mol. The van der Waals surface area contributed by atoms with Crippen LogP contribution >= 0.6 is 0 Å². The molecule has 17 heavy (non-hydrogen) atoms. The number of amides is 1. The fourth-order valence-corrected chi connectivity index (χ4v) is 2.68. The van der Waals surface area contributed by atoms with E-state index in [9.17, 15) is 9.90 Å². The largest absolute Gasteiger partial charge is 0.391 e. The molecular formula is C14H27NO2. The first kappa shape index (κ1) is 14.5. The lowest BCUT2D eigenvalue weighted by Gasteiger charge is -2.29. The van der Waals surface area contributed by atoms with E-state index in [1.54, 1.807) is 0 Å². The summed E-state index contributed by atoms with van der Waals surface area (Å²) in [5.74, 6) is 0.291. The van der Waals surface area contributed by atoms with Gasteiger partial charge in [-0.05, 0) is 25.7 Å². The number of hydrogen-bond donors (Lipinski definition) is 2. The Morgan fingerprint density at radius 2 is 1.82 bits per heavy atom. The van der Waals surface area contributed by atoms with E-state index in [1.165, 1.54) is 0 Å². The van der Waals surface area contributed by atoms with Crippen LogP contribution in [0.1, 0.15) is 65.2 Å². The number of carbonyl (C=O) groups excluding carboxylic acids is 1. The van der Waals surface area contributed by atoms with Crippen LogP contribution in [0.15, 0.2) is 0 Å². The van der Waals surface area contributed by atoms with Gasteiger partial charge in [-0.1, -0.05) is 39.5 Å². The zero-order valence-corrected chi connectivity index (χ0v) is 11.2. The van der Waals surface area contributed by atoms with Crippen molar-refractivity contribution < 1.29 is 9.90 Å². The van der Waals surface area contributed by atoms with Gasteiger partial charge in [0.25, 0.3) is 0 Å². The Hall–Kier alpha value is -0.570. The molecule has 0 spiro atoms. The van der Waals surface area contributed by atoms with Crippen LogP contribution in [0.25, 0.3) is 0 Å². The number of hydrogen-bond acceptors (Lipinski definition) is 2. The Morgan fingerprint density at radius 1 is 1.24 bits per heavy atom. The summed E-state index contributed by atoms with van der Waals surface area (Å²) in [5.41, 5.74) is 0. The molecule has 3 heteroatoms. The first-order valence-electron chi connectivity index (χ1n) is 7.17. The molecule has 0 aromatic heterocycles. The standard InChI is InChI=1S/C14H27NO2/c1-3-7-11(8-4-2)14(17)15-12-9-5-6-10-13(12)16/h11-13,16H,3-10H2,1-2H3,(H,15,17)/t12-,13-/m1/s1. The maximum atomic E-state index is 12.1. The van der Waals surface area contributed by atoms with Crippen LogP contribution in [0, 0.1) is 5.92 Å². The van der Waals surface area contributed by atoms with Gasteiger partial charge < -0.3 is 10.4 Å². The topological polar surface area (TPSA) is 49.3 Å². The van der Waals surface area contributed by atoms with Crippen LogP contribution in [0.4, 0.5) is 0 Å². The van der Waals surface area contributed by atoms with E-state index in [1.807, 2.05) is 0 Å². The third-order valence-corrected chi connectivity index (χ3v) is 3.70. The summed E-state index contributed by atoms with van der Waals surface area (Å²) in [4.78, 5) is 12.1. The van der Waals surface area contributed by atoms with Crippen LogP contribution in [0.2, 0.25) is 0 Å². The molecule has 2 N–H and O–H groups in total. The van der Waals surface area contributed by atoms with E-state index in [-0.39, 0.29) is 24.0 Å². The fourth-order valence-electron chi connectivity index (χ4n) is 2.68. The van der Waals surface area contributed by atoms with Crippen molar-refractivity contribution in [3.8, 4) is 0 Å². The van der Waals surface area contributed by atoms with Gasteiger partial charge in [-0.3, -0.25) is 4.79 Å². The Labute approximate surface area is 105 Å². The quantitative estimate of drug-likeness (QED) is 0.751. The highest BCUT2D eigenvalue weighted by atomic mass is 16.3. The predicted octanol–water partition coefficient (Wildman–Crippen LogP) is 2.62. The minimum absolute atomic E-state index is 0.00698. The number of rotatable bonds is 6. The molecule has 1 rings (SSSR count). The maximum absolute atomic E-state index is 12.1. The van der Waals surface area contributed by atoms with Crippen LogP contribution in [0.5, 0.6) is 0 Å². The SMILES string of the molecule is CCCC(CCC)C(=O)N[C@@H]1CCCC[C@H]1O. The second-order valence-corrected chi connectivity index (χ2v) is 5.24. The van der Waals surface area contributed by atoms with Crippen LogP contribution in [-0.2, 0) is 4.79 Å². The molecule has 0 aromatic carbocycles. The van der Waals surface area contributed by atoms with E-state index >= 15 is 0 Å². The monoisotopic (exact) mass is 241 g/mol. The molecule has 1 aliphatic rings. The van der Waals surface area contributed by atoms with Crippen molar-refractivity contribution in [3.63, 3.8) is 0 Å². The van der Waals surface area contributed by atoms with Crippen LogP contribution in [-0.4, -0.2) is 23.2 Å². The summed E-state index contributed by atoms with van der Waals surface area (Å²) in [6, 6.07) is -0.00698. The van der Waals surface area contributed by atoms with Gasteiger partial charge in [-0.15, -0.1) is 0 Å². The predicted molar refractivity (Wildman–Crippen MR) is 69.7 cm³/mol. The normalized spacial score (nSPS) is 24.9. The molecule has 100 valence electrons. The lowest BCUT2D eigenvalue weighted by atomic mass is 9.91. The fraction of sp³-hybridized carbons (Fsp3) is 0.929. The molecule has 3 nitrogen and oxygen atoms in total. The van der Waals surface area contributed by atoms with Gasteiger partial charge in [-0.25, -0.2) is 0 Å². The highest BCUT2D eigenvalue weighted by Gasteiger charge is 2.26. The smallest absolute Gasteiger partial charge is 0.223 e. The average molecular weight is 241 g/mol. The molecule has 1 amide bonds. The minimum Gasteiger partial charge on any atom is -0.391 e. The van der Waals surface area contributed by atoms with Crippen molar-refractivity contribution in [2.24, 2.45) is 5.92 Å². The van der Waals surface area contributed by atoms with Crippen molar-refractivity contribution in [1.82, 2.24) is 5.32 Å². The van der Waals surface area contributed by atoms with Gasteiger partial charge in [0.2, 0.25) is 5.91 Å². The number of nitrogens with one attached hydrogen (secondary N) is 1. The van der Waals surface area contributed by atoms with Gasteiger partial charge in [0, 0.05) is 5.92 Å². The second kappa shape index (κ2) is 7.70. The second-order valence-electron chi connectivity index (χ2n) is 5.24. The zero-order valence-electron chi connectivity index (χ0n) is 11.2. The molecule has 1 aliphatic carbocycles. The molecule has 1 saturated carbocycles. The number of aliphatic hydroxyl groups excluding tert-OH is 1. The molecule has 0 unspecified atom stereocenters. The number of aliphatic hydroxyl groups is 1. The van der Waals surface area contributed by atoms with E-state index in [2.05, 4.69) is 19.2 Å². The molecule has 0 saturated heterocycles. The van der Waals surface area contributed by atoms with Gasteiger partial charge in [0.15, 0.2) is 0 Å². The lowest BCUT2D eigenvalue weighted by molar-refractivity contribution is -0.127. The Bertz CT molecular complexity index is 224. The summed E-state index contributed by atoms with van der Waals surface area (Å²) in [5, 5.41) is 12.9.